The first-order chi connectivity index (χ1) is 9.50. The lowest BCUT2D eigenvalue weighted by Gasteiger charge is -2.22. The summed E-state index contributed by atoms with van der Waals surface area (Å²) in [5.41, 5.74) is 0.428. The summed E-state index contributed by atoms with van der Waals surface area (Å²) in [7, 11) is -3.77. The monoisotopic (exact) mass is 336 g/mol. The number of rotatable bonds is 5. The minimum atomic E-state index is -3.77. The highest BCUT2D eigenvalue weighted by atomic mass is 35.5. The number of aryl methyl sites for hydroxylation is 1. The summed E-state index contributed by atoms with van der Waals surface area (Å²) >= 11 is 0. The molecule has 21 heavy (non-hydrogen) atoms. The van der Waals surface area contributed by atoms with Crippen LogP contribution in [0.25, 0.3) is 0 Å². The number of benzene rings is 1. The van der Waals surface area contributed by atoms with Crippen LogP contribution in [0.15, 0.2) is 23.1 Å². The van der Waals surface area contributed by atoms with Crippen molar-refractivity contribution in [2.75, 3.05) is 19.6 Å². The Morgan fingerprint density at radius 3 is 2.81 bits per heavy atom. The molecular weight excluding hydrogens is 315 g/mol. The van der Waals surface area contributed by atoms with Gasteiger partial charge in [-0.3, -0.25) is 0 Å². The molecular formula is C14H22ClFN2O2S. The molecule has 120 valence electrons. The van der Waals surface area contributed by atoms with Crippen molar-refractivity contribution >= 4 is 22.4 Å². The lowest BCUT2D eigenvalue weighted by atomic mass is 9.96. The van der Waals surface area contributed by atoms with Gasteiger partial charge in [0.25, 0.3) is 0 Å². The van der Waals surface area contributed by atoms with Crippen LogP contribution in [0.2, 0.25) is 0 Å². The van der Waals surface area contributed by atoms with Gasteiger partial charge in [-0.15, -0.1) is 12.4 Å². The molecule has 0 aliphatic carbocycles. The Hall–Kier alpha value is -0.690. The number of sulfonamides is 1. The van der Waals surface area contributed by atoms with E-state index in [0.29, 0.717) is 18.0 Å². The zero-order valence-electron chi connectivity index (χ0n) is 12.1. The maximum Gasteiger partial charge on any atom is 0.243 e. The average Bonchev–Trinajstić information content (AvgIpc) is 2.39. The Balaban J connectivity index is 0.00000220. The van der Waals surface area contributed by atoms with E-state index in [1.807, 2.05) is 0 Å². The van der Waals surface area contributed by atoms with Crippen LogP contribution in [0, 0.1) is 18.7 Å². The van der Waals surface area contributed by atoms with Crippen molar-refractivity contribution in [2.24, 2.45) is 5.92 Å². The molecule has 1 aromatic rings. The predicted molar refractivity (Wildman–Crippen MR) is 83.8 cm³/mol. The summed E-state index contributed by atoms with van der Waals surface area (Å²) in [6.45, 7) is 3.92. The Morgan fingerprint density at radius 2 is 2.19 bits per heavy atom. The molecule has 1 aliphatic heterocycles. The number of halogens is 2. The van der Waals surface area contributed by atoms with Gasteiger partial charge in [-0.05, 0) is 56.8 Å². The summed E-state index contributed by atoms with van der Waals surface area (Å²) in [4.78, 5) is -0.234. The van der Waals surface area contributed by atoms with E-state index in [-0.39, 0.29) is 17.3 Å². The normalized spacial score (nSPS) is 19.0. The Labute approximate surface area is 132 Å². The molecule has 0 spiro atoms. The van der Waals surface area contributed by atoms with Gasteiger partial charge in [0.15, 0.2) is 0 Å². The zero-order chi connectivity index (χ0) is 14.6. The first-order valence-corrected chi connectivity index (χ1v) is 8.44. The molecule has 2 N–H and O–H groups in total. The molecule has 1 heterocycles. The van der Waals surface area contributed by atoms with Crippen LogP contribution in [0.4, 0.5) is 4.39 Å². The van der Waals surface area contributed by atoms with Crippen LogP contribution in [0.5, 0.6) is 0 Å². The van der Waals surface area contributed by atoms with Gasteiger partial charge in [0, 0.05) is 6.54 Å². The predicted octanol–water partition coefficient (Wildman–Crippen LogP) is 2.22. The molecule has 2 rings (SSSR count). The van der Waals surface area contributed by atoms with Crippen LogP contribution in [-0.4, -0.2) is 28.1 Å². The van der Waals surface area contributed by atoms with Gasteiger partial charge in [0.1, 0.15) is 10.7 Å². The van der Waals surface area contributed by atoms with E-state index in [4.69, 9.17) is 0 Å². The zero-order valence-corrected chi connectivity index (χ0v) is 13.7. The lowest BCUT2D eigenvalue weighted by molar-refractivity contribution is 0.358. The minimum absolute atomic E-state index is 0. The molecule has 1 aliphatic rings. The number of nitrogens with one attached hydrogen (secondary N) is 2. The largest absolute Gasteiger partial charge is 0.316 e. The van der Waals surface area contributed by atoms with E-state index in [1.165, 1.54) is 12.1 Å². The SMILES string of the molecule is Cc1cccc(F)c1S(=O)(=O)NCCC1CCCNC1.Cl. The van der Waals surface area contributed by atoms with E-state index < -0.39 is 15.8 Å². The molecule has 1 fully saturated rings. The van der Waals surface area contributed by atoms with E-state index in [0.717, 1.165) is 32.4 Å². The summed E-state index contributed by atoms with van der Waals surface area (Å²) in [5, 5.41) is 3.30. The molecule has 7 heteroatoms. The van der Waals surface area contributed by atoms with E-state index in [1.54, 1.807) is 13.0 Å². The fourth-order valence-corrected chi connectivity index (χ4v) is 3.94. The van der Waals surface area contributed by atoms with Gasteiger partial charge in [-0.25, -0.2) is 17.5 Å². The molecule has 0 radical (unpaired) electrons. The molecule has 0 amide bonds. The smallest absolute Gasteiger partial charge is 0.243 e. The molecule has 0 bridgehead atoms. The third kappa shape index (κ3) is 4.92. The second-order valence-electron chi connectivity index (χ2n) is 5.28. The Kier molecular flexibility index (Phi) is 7.06. The lowest BCUT2D eigenvalue weighted by Crippen LogP contribution is -2.33. The van der Waals surface area contributed by atoms with Crippen LogP contribution in [-0.2, 0) is 10.0 Å². The van der Waals surface area contributed by atoms with Crippen molar-refractivity contribution in [1.29, 1.82) is 0 Å². The Morgan fingerprint density at radius 1 is 1.43 bits per heavy atom. The summed E-state index contributed by atoms with van der Waals surface area (Å²) in [6, 6.07) is 4.28. The molecule has 1 unspecified atom stereocenters. The van der Waals surface area contributed by atoms with Crippen molar-refractivity contribution in [2.45, 2.75) is 31.1 Å². The fourth-order valence-electron chi connectivity index (χ4n) is 2.60. The summed E-state index contributed by atoms with van der Waals surface area (Å²) in [5.74, 6) is -0.204. The van der Waals surface area contributed by atoms with Crippen molar-refractivity contribution in [3.8, 4) is 0 Å². The van der Waals surface area contributed by atoms with Gasteiger partial charge in [0.2, 0.25) is 10.0 Å². The maximum atomic E-state index is 13.7. The standard InChI is InChI=1S/C14H21FN2O2S.ClH/c1-11-4-2-6-13(15)14(11)20(18,19)17-9-7-12-5-3-8-16-10-12;/h2,4,6,12,16-17H,3,5,7-10H2,1H3;1H. The summed E-state index contributed by atoms with van der Waals surface area (Å²) < 4.78 is 40.5. The van der Waals surface area contributed by atoms with Crippen molar-refractivity contribution in [1.82, 2.24) is 10.0 Å². The highest BCUT2D eigenvalue weighted by molar-refractivity contribution is 7.89. The molecule has 0 aromatic heterocycles. The molecule has 0 saturated carbocycles. The second-order valence-corrected chi connectivity index (χ2v) is 6.99. The average molecular weight is 337 g/mol. The fraction of sp³-hybridized carbons (Fsp3) is 0.571. The van der Waals surface area contributed by atoms with Gasteiger partial charge < -0.3 is 5.32 Å². The van der Waals surface area contributed by atoms with E-state index in [2.05, 4.69) is 10.0 Å². The topological polar surface area (TPSA) is 58.2 Å². The Bertz CT molecular complexity index is 540. The third-order valence-electron chi connectivity index (χ3n) is 3.68. The quantitative estimate of drug-likeness (QED) is 0.867. The highest BCUT2D eigenvalue weighted by Crippen LogP contribution is 2.19. The number of piperidine rings is 1. The van der Waals surface area contributed by atoms with Crippen molar-refractivity contribution < 1.29 is 12.8 Å². The molecule has 1 aromatic carbocycles. The third-order valence-corrected chi connectivity index (χ3v) is 5.31. The number of hydrogen-bond acceptors (Lipinski definition) is 3. The van der Waals surface area contributed by atoms with E-state index >= 15 is 0 Å². The second kappa shape index (κ2) is 8.08. The van der Waals surface area contributed by atoms with Gasteiger partial charge in [-0.1, -0.05) is 12.1 Å². The van der Waals surface area contributed by atoms with Gasteiger partial charge >= 0.3 is 0 Å². The van der Waals surface area contributed by atoms with Crippen LogP contribution in [0.1, 0.15) is 24.8 Å². The van der Waals surface area contributed by atoms with Crippen molar-refractivity contribution in [3.63, 3.8) is 0 Å². The van der Waals surface area contributed by atoms with Gasteiger partial charge in [-0.2, -0.15) is 0 Å². The first-order valence-electron chi connectivity index (χ1n) is 6.96. The molecule has 4 nitrogen and oxygen atoms in total. The van der Waals surface area contributed by atoms with Crippen LogP contribution >= 0.6 is 12.4 Å². The maximum absolute atomic E-state index is 13.7. The molecule has 1 atom stereocenters. The highest BCUT2D eigenvalue weighted by Gasteiger charge is 2.21. The van der Waals surface area contributed by atoms with E-state index in [9.17, 15) is 12.8 Å². The molecule has 1 saturated heterocycles. The van der Waals surface area contributed by atoms with Crippen molar-refractivity contribution in [3.05, 3.63) is 29.6 Å². The minimum Gasteiger partial charge on any atom is -0.316 e. The summed E-state index contributed by atoms with van der Waals surface area (Å²) in [6.07, 6.45) is 3.02. The van der Waals surface area contributed by atoms with Gasteiger partial charge in [0.05, 0.1) is 0 Å². The van der Waals surface area contributed by atoms with Crippen LogP contribution in [0.3, 0.4) is 0 Å². The number of hydrogen-bond donors (Lipinski definition) is 2. The van der Waals surface area contributed by atoms with Crippen LogP contribution < -0.4 is 10.0 Å². The first kappa shape index (κ1) is 18.4.